The Morgan fingerprint density at radius 1 is 1.06 bits per heavy atom. The van der Waals surface area contributed by atoms with E-state index in [-0.39, 0.29) is 5.82 Å². The summed E-state index contributed by atoms with van der Waals surface area (Å²) >= 11 is 0. The van der Waals surface area contributed by atoms with Gasteiger partial charge in [-0.25, -0.2) is 4.39 Å². The minimum Gasteiger partial charge on any atom is -0.384 e. The molecule has 2 rings (SSSR count). The summed E-state index contributed by atoms with van der Waals surface area (Å²) in [6.45, 7) is 2.08. The summed E-state index contributed by atoms with van der Waals surface area (Å²) in [5, 5.41) is 10.1. The maximum Gasteiger partial charge on any atom is 0.123 e. The SMILES string of the molecule is CCc1ccc([C@@H](O)c2cccc(F)c2)cc1. The molecule has 0 saturated carbocycles. The second-order valence-electron chi connectivity index (χ2n) is 4.05. The first-order valence-electron chi connectivity index (χ1n) is 5.73. The molecule has 0 amide bonds. The van der Waals surface area contributed by atoms with Crippen LogP contribution in [-0.2, 0) is 6.42 Å². The molecule has 2 aromatic rings. The second-order valence-corrected chi connectivity index (χ2v) is 4.05. The summed E-state index contributed by atoms with van der Waals surface area (Å²) in [5.41, 5.74) is 2.59. The third-order valence-corrected chi connectivity index (χ3v) is 2.87. The Morgan fingerprint density at radius 2 is 1.76 bits per heavy atom. The summed E-state index contributed by atoms with van der Waals surface area (Å²) in [6, 6.07) is 13.8. The molecule has 0 aliphatic rings. The Labute approximate surface area is 101 Å². The monoisotopic (exact) mass is 230 g/mol. The fraction of sp³-hybridized carbons (Fsp3) is 0.200. The van der Waals surface area contributed by atoms with Crippen molar-refractivity contribution in [2.45, 2.75) is 19.4 Å². The molecule has 0 saturated heterocycles. The van der Waals surface area contributed by atoms with Gasteiger partial charge < -0.3 is 5.11 Å². The highest BCUT2D eigenvalue weighted by atomic mass is 19.1. The summed E-state index contributed by atoms with van der Waals surface area (Å²) < 4.78 is 13.1. The minimum atomic E-state index is -0.767. The third kappa shape index (κ3) is 2.71. The van der Waals surface area contributed by atoms with Crippen LogP contribution in [0.25, 0.3) is 0 Å². The molecule has 0 heterocycles. The molecule has 0 unspecified atom stereocenters. The van der Waals surface area contributed by atoms with Gasteiger partial charge in [-0.1, -0.05) is 43.3 Å². The van der Waals surface area contributed by atoms with Gasteiger partial charge in [-0.15, -0.1) is 0 Å². The van der Waals surface area contributed by atoms with E-state index in [1.807, 2.05) is 24.3 Å². The third-order valence-electron chi connectivity index (χ3n) is 2.87. The van der Waals surface area contributed by atoms with Crippen molar-refractivity contribution in [3.63, 3.8) is 0 Å². The van der Waals surface area contributed by atoms with Gasteiger partial charge in [0.05, 0.1) is 0 Å². The smallest absolute Gasteiger partial charge is 0.123 e. The maximum atomic E-state index is 13.1. The highest BCUT2D eigenvalue weighted by molar-refractivity contribution is 5.32. The number of aryl methyl sites for hydroxylation is 1. The zero-order chi connectivity index (χ0) is 12.3. The van der Waals surface area contributed by atoms with Gasteiger partial charge in [0.25, 0.3) is 0 Å². The van der Waals surface area contributed by atoms with Crippen LogP contribution in [0, 0.1) is 5.82 Å². The molecule has 0 aliphatic heterocycles. The zero-order valence-electron chi connectivity index (χ0n) is 9.73. The van der Waals surface area contributed by atoms with Crippen LogP contribution < -0.4 is 0 Å². The van der Waals surface area contributed by atoms with Gasteiger partial charge in [0.15, 0.2) is 0 Å². The molecular formula is C15H15FO. The first kappa shape index (κ1) is 11.8. The molecule has 2 heteroatoms. The lowest BCUT2D eigenvalue weighted by molar-refractivity contribution is 0.220. The molecule has 1 N–H and O–H groups in total. The van der Waals surface area contributed by atoms with Gasteiger partial charge in [0, 0.05) is 0 Å². The Balaban J connectivity index is 2.27. The normalized spacial score (nSPS) is 12.4. The van der Waals surface area contributed by atoms with Gasteiger partial charge in [-0.2, -0.15) is 0 Å². The lowest BCUT2D eigenvalue weighted by atomic mass is 10.00. The van der Waals surface area contributed by atoms with Crippen LogP contribution >= 0.6 is 0 Å². The molecule has 0 spiro atoms. The van der Waals surface area contributed by atoms with Crippen molar-refractivity contribution in [2.24, 2.45) is 0 Å². The van der Waals surface area contributed by atoms with Crippen LogP contribution in [0.4, 0.5) is 4.39 Å². The molecule has 0 radical (unpaired) electrons. The minimum absolute atomic E-state index is 0.327. The standard InChI is InChI=1S/C15H15FO/c1-2-11-6-8-12(9-7-11)15(17)13-4-3-5-14(16)10-13/h3-10,15,17H,2H2,1H3/t15-/m1/s1. The molecule has 0 bridgehead atoms. The van der Waals surface area contributed by atoms with Crippen LogP contribution in [0.3, 0.4) is 0 Å². The Kier molecular flexibility index (Phi) is 3.55. The van der Waals surface area contributed by atoms with E-state index in [1.165, 1.54) is 17.7 Å². The molecule has 0 aromatic heterocycles. The Hall–Kier alpha value is -1.67. The predicted octanol–water partition coefficient (Wildman–Crippen LogP) is 3.47. The number of benzene rings is 2. The van der Waals surface area contributed by atoms with E-state index in [2.05, 4.69) is 6.92 Å². The van der Waals surface area contributed by atoms with Crippen molar-refractivity contribution in [2.75, 3.05) is 0 Å². The van der Waals surface area contributed by atoms with E-state index < -0.39 is 6.10 Å². The van der Waals surface area contributed by atoms with Gasteiger partial charge in [-0.3, -0.25) is 0 Å². The Morgan fingerprint density at radius 3 is 2.35 bits per heavy atom. The van der Waals surface area contributed by atoms with Gasteiger partial charge >= 0.3 is 0 Å². The highest BCUT2D eigenvalue weighted by Gasteiger charge is 2.10. The molecule has 2 aromatic carbocycles. The molecule has 1 nitrogen and oxygen atoms in total. The van der Waals surface area contributed by atoms with E-state index >= 15 is 0 Å². The van der Waals surface area contributed by atoms with Crippen molar-refractivity contribution in [3.8, 4) is 0 Å². The molecule has 88 valence electrons. The second kappa shape index (κ2) is 5.11. The van der Waals surface area contributed by atoms with E-state index in [0.717, 1.165) is 12.0 Å². The summed E-state index contributed by atoms with van der Waals surface area (Å²) in [6.07, 6.45) is 0.202. The van der Waals surface area contributed by atoms with Crippen LogP contribution in [-0.4, -0.2) is 5.11 Å². The largest absolute Gasteiger partial charge is 0.384 e. The van der Waals surface area contributed by atoms with Crippen LogP contribution in [0.2, 0.25) is 0 Å². The summed E-state index contributed by atoms with van der Waals surface area (Å²) in [4.78, 5) is 0. The van der Waals surface area contributed by atoms with E-state index in [9.17, 15) is 9.50 Å². The fourth-order valence-electron chi connectivity index (χ4n) is 1.80. The van der Waals surface area contributed by atoms with Crippen LogP contribution in [0.1, 0.15) is 29.7 Å². The topological polar surface area (TPSA) is 20.2 Å². The number of halogens is 1. The van der Waals surface area contributed by atoms with Crippen molar-refractivity contribution < 1.29 is 9.50 Å². The van der Waals surface area contributed by atoms with Crippen molar-refractivity contribution in [1.29, 1.82) is 0 Å². The van der Waals surface area contributed by atoms with Gasteiger partial charge in [0.1, 0.15) is 11.9 Å². The molecule has 1 atom stereocenters. The molecule has 17 heavy (non-hydrogen) atoms. The van der Waals surface area contributed by atoms with Crippen molar-refractivity contribution in [1.82, 2.24) is 0 Å². The summed E-state index contributed by atoms with van der Waals surface area (Å²) in [5.74, 6) is -0.327. The molecule has 0 fully saturated rings. The number of hydrogen-bond acceptors (Lipinski definition) is 1. The van der Waals surface area contributed by atoms with E-state index in [4.69, 9.17) is 0 Å². The average molecular weight is 230 g/mol. The van der Waals surface area contributed by atoms with Crippen LogP contribution in [0.5, 0.6) is 0 Å². The molecule has 0 aliphatic carbocycles. The number of aliphatic hydroxyl groups excluding tert-OH is 1. The first-order chi connectivity index (χ1) is 8.20. The number of hydrogen-bond donors (Lipinski definition) is 1. The first-order valence-corrected chi connectivity index (χ1v) is 5.73. The lowest BCUT2D eigenvalue weighted by Crippen LogP contribution is -2.00. The maximum absolute atomic E-state index is 13.1. The predicted molar refractivity (Wildman–Crippen MR) is 66.3 cm³/mol. The van der Waals surface area contributed by atoms with Gasteiger partial charge in [0.2, 0.25) is 0 Å². The summed E-state index contributed by atoms with van der Waals surface area (Å²) in [7, 11) is 0. The average Bonchev–Trinajstić information content (AvgIpc) is 2.38. The van der Waals surface area contributed by atoms with E-state index in [1.54, 1.807) is 12.1 Å². The quantitative estimate of drug-likeness (QED) is 0.856. The molecular weight excluding hydrogens is 215 g/mol. The van der Waals surface area contributed by atoms with Crippen molar-refractivity contribution >= 4 is 0 Å². The number of aliphatic hydroxyl groups is 1. The lowest BCUT2D eigenvalue weighted by Gasteiger charge is -2.12. The van der Waals surface area contributed by atoms with Crippen LogP contribution in [0.15, 0.2) is 48.5 Å². The van der Waals surface area contributed by atoms with Crippen molar-refractivity contribution in [3.05, 3.63) is 71.0 Å². The Bertz CT molecular complexity index is 491. The highest BCUT2D eigenvalue weighted by Crippen LogP contribution is 2.22. The fourth-order valence-corrected chi connectivity index (χ4v) is 1.80. The zero-order valence-corrected chi connectivity index (χ0v) is 9.73. The van der Waals surface area contributed by atoms with E-state index in [0.29, 0.717) is 5.56 Å². The van der Waals surface area contributed by atoms with Gasteiger partial charge in [-0.05, 0) is 35.2 Å². The number of rotatable bonds is 3.